The molecule has 1 rings (SSSR count). The zero-order valence-electron chi connectivity index (χ0n) is 8.98. The van der Waals surface area contributed by atoms with Crippen molar-refractivity contribution in [1.82, 2.24) is 0 Å². The molecular formula is C11H12BrCl2NO. The highest BCUT2D eigenvalue weighted by Crippen LogP contribution is 2.28. The van der Waals surface area contributed by atoms with Crippen LogP contribution in [0.1, 0.15) is 13.8 Å². The molecule has 0 heterocycles. The maximum absolute atomic E-state index is 11.9. The van der Waals surface area contributed by atoms with Crippen LogP contribution in [0.25, 0.3) is 0 Å². The Hall–Kier alpha value is -0.250. The molecular weight excluding hydrogens is 313 g/mol. The van der Waals surface area contributed by atoms with Crippen molar-refractivity contribution in [1.29, 1.82) is 0 Å². The summed E-state index contributed by atoms with van der Waals surface area (Å²) in [6.45, 7) is 3.57. The molecule has 0 atom stereocenters. The molecule has 0 spiro atoms. The summed E-state index contributed by atoms with van der Waals surface area (Å²) in [7, 11) is 0. The molecule has 0 aliphatic heterocycles. The van der Waals surface area contributed by atoms with Gasteiger partial charge in [0.05, 0.1) is 11.1 Å². The van der Waals surface area contributed by atoms with Gasteiger partial charge in [0.15, 0.2) is 0 Å². The quantitative estimate of drug-likeness (QED) is 0.825. The van der Waals surface area contributed by atoms with Crippen molar-refractivity contribution in [3.8, 4) is 0 Å². The van der Waals surface area contributed by atoms with Crippen LogP contribution >= 0.6 is 39.1 Å². The average molecular weight is 325 g/mol. The first-order valence-electron chi connectivity index (χ1n) is 4.69. The lowest BCUT2D eigenvalue weighted by atomic mass is 9.95. The molecule has 1 N–H and O–H groups in total. The van der Waals surface area contributed by atoms with Crippen LogP contribution in [0.4, 0.5) is 5.69 Å². The summed E-state index contributed by atoms with van der Waals surface area (Å²) < 4.78 is 0.788. The third-order valence-corrected chi connectivity index (χ3v) is 3.72. The summed E-state index contributed by atoms with van der Waals surface area (Å²) in [6, 6.07) is 5.22. The van der Waals surface area contributed by atoms with Gasteiger partial charge in [-0.2, -0.15) is 0 Å². The maximum Gasteiger partial charge on any atom is 0.231 e. The van der Waals surface area contributed by atoms with Crippen LogP contribution in [-0.4, -0.2) is 11.8 Å². The van der Waals surface area contributed by atoms with E-state index in [1.165, 1.54) is 0 Å². The fourth-order valence-corrected chi connectivity index (χ4v) is 1.58. The predicted octanol–water partition coefficient (Wildman–Crippen LogP) is 4.31. The number of halogens is 3. The standard InChI is InChI=1S/C11H12BrCl2NO/c1-11(2,6-13)10(16)15-9-5-7(14)3-4-8(9)12/h3-5H,6H2,1-2H3,(H,15,16). The molecule has 0 saturated carbocycles. The Balaban J connectivity index is 2.89. The molecule has 88 valence electrons. The van der Waals surface area contributed by atoms with Gasteiger partial charge in [-0.15, -0.1) is 11.6 Å². The van der Waals surface area contributed by atoms with Crippen LogP contribution < -0.4 is 5.32 Å². The Morgan fingerprint density at radius 3 is 2.69 bits per heavy atom. The molecule has 1 aromatic carbocycles. The minimum Gasteiger partial charge on any atom is -0.325 e. The van der Waals surface area contributed by atoms with Crippen molar-refractivity contribution in [2.75, 3.05) is 11.2 Å². The molecule has 16 heavy (non-hydrogen) atoms. The molecule has 0 fully saturated rings. The summed E-state index contributed by atoms with van der Waals surface area (Å²) in [5, 5.41) is 3.36. The molecule has 2 nitrogen and oxygen atoms in total. The van der Waals surface area contributed by atoms with Gasteiger partial charge in [0.1, 0.15) is 0 Å². The topological polar surface area (TPSA) is 29.1 Å². The number of carbonyl (C=O) groups is 1. The van der Waals surface area contributed by atoms with Crippen LogP contribution in [0.2, 0.25) is 5.02 Å². The van der Waals surface area contributed by atoms with Gasteiger partial charge in [-0.25, -0.2) is 0 Å². The van der Waals surface area contributed by atoms with Gasteiger partial charge in [-0.3, -0.25) is 4.79 Å². The highest BCUT2D eigenvalue weighted by molar-refractivity contribution is 9.10. The number of rotatable bonds is 3. The number of hydrogen-bond acceptors (Lipinski definition) is 1. The number of anilines is 1. The van der Waals surface area contributed by atoms with Gasteiger partial charge < -0.3 is 5.32 Å². The number of alkyl halides is 1. The van der Waals surface area contributed by atoms with Gasteiger partial charge in [0.2, 0.25) is 5.91 Å². The average Bonchev–Trinajstić information content (AvgIpc) is 2.23. The zero-order valence-corrected chi connectivity index (χ0v) is 12.1. The number of hydrogen-bond donors (Lipinski definition) is 1. The second-order valence-corrected chi connectivity index (χ2v) is 5.65. The smallest absolute Gasteiger partial charge is 0.231 e. The summed E-state index contributed by atoms with van der Waals surface area (Å²) >= 11 is 14.9. The molecule has 0 aliphatic carbocycles. The third-order valence-electron chi connectivity index (χ3n) is 2.13. The first kappa shape index (κ1) is 13.8. The SMILES string of the molecule is CC(C)(CCl)C(=O)Nc1cc(Cl)ccc1Br. The van der Waals surface area contributed by atoms with E-state index >= 15 is 0 Å². The molecule has 0 aromatic heterocycles. The minimum absolute atomic E-state index is 0.134. The number of amides is 1. The molecule has 0 radical (unpaired) electrons. The third kappa shape index (κ3) is 3.37. The molecule has 0 saturated heterocycles. The molecule has 1 amide bonds. The van der Waals surface area contributed by atoms with Gasteiger partial charge >= 0.3 is 0 Å². The predicted molar refractivity (Wildman–Crippen MR) is 72.3 cm³/mol. The fourth-order valence-electron chi connectivity index (χ4n) is 0.945. The van der Waals surface area contributed by atoms with E-state index in [1.807, 2.05) is 0 Å². The van der Waals surface area contributed by atoms with Crippen molar-refractivity contribution in [3.63, 3.8) is 0 Å². The number of carbonyl (C=O) groups excluding carboxylic acids is 1. The second-order valence-electron chi connectivity index (χ2n) is 4.10. The molecule has 0 unspecified atom stereocenters. The Morgan fingerprint density at radius 2 is 2.12 bits per heavy atom. The van der Waals surface area contributed by atoms with Crippen molar-refractivity contribution in [2.24, 2.45) is 5.41 Å². The summed E-state index contributed by atoms with van der Waals surface area (Å²) in [5.41, 5.74) is 0.0410. The monoisotopic (exact) mass is 323 g/mol. The molecule has 0 aliphatic rings. The van der Waals surface area contributed by atoms with Crippen LogP contribution in [0.3, 0.4) is 0 Å². The number of benzene rings is 1. The van der Waals surface area contributed by atoms with Crippen LogP contribution in [0, 0.1) is 5.41 Å². The minimum atomic E-state index is -0.608. The van der Waals surface area contributed by atoms with Crippen molar-refractivity contribution in [3.05, 3.63) is 27.7 Å². The van der Waals surface area contributed by atoms with Gasteiger partial charge in [-0.05, 0) is 48.0 Å². The van der Waals surface area contributed by atoms with E-state index in [9.17, 15) is 4.79 Å². The van der Waals surface area contributed by atoms with E-state index in [0.29, 0.717) is 10.7 Å². The van der Waals surface area contributed by atoms with Crippen LogP contribution in [0.5, 0.6) is 0 Å². The highest BCUT2D eigenvalue weighted by Gasteiger charge is 2.26. The van der Waals surface area contributed by atoms with E-state index in [1.54, 1.807) is 32.0 Å². The lowest BCUT2D eigenvalue weighted by molar-refractivity contribution is -0.122. The lowest BCUT2D eigenvalue weighted by Gasteiger charge is -2.20. The lowest BCUT2D eigenvalue weighted by Crippen LogP contribution is -2.32. The Morgan fingerprint density at radius 1 is 1.50 bits per heavy atom. The zero-order chi connectivity index (χ0) is 12.3. The Kier molecular flexibility index (Phi) is 4.65. The first-order chi connectivity index (χ1) is 7.36. The fraction of sp³-hybridized carbons (Fsp3) is 0.364. The summed E-state index contributed by atoms with van der Waals surface area (Å²) in [6.07, 6.45) is 0. The Bertz CT molecular complexity index is 407. The maximum atomic E-state index is 11.9. The van der Waals surface area contributed by atoms with Gasteiger partial charge in [0, 0.05) is 15.4 Å². The summed E-state index contributed by atoms with van der Waals surface area (Å²) in [5.74, 6) is 0.127. The normalized spacial score (nSPS) is 11.3. The van der Waals surface area contributed by atoms with Crippen molar-refractivity contribution in [2.45, 2.75) is 13.8 Å². The van der Waals surface area contributed by atoms with Crippen molar-refractivity contribution < 1.29 is 4.79 Å². The van der Waals surface area contributed by atoms with Crippen molar-refractivity contribution >= 4 is 50.7 Å². The van der Waals surface area contributed by atoms with Gasteiger partial charge in [-0.1, -0.05) is 11.6 Å². The van der Waals surface area contributed by atoms with E-state index < -0.39 is 5.41 Å². The van der Waals surface area contributed by atoms with E-state index in [-0.39, 0.29) is 11.8 Å². The first-order valence-corrected chi connectivity index (χ1v) is 6.40. The number of nitrogens with one attached hydrogen (secondary N) is 1. The largest absolute Gasteiger partial charge is 0.325 e. The van der Waals surface area contributed by atoms with E-state index in [4.69, 9.17) is 23.2 Å². The molecule has 0 bridgehead atoms. The Labute approximate surface area is 113 Å². The van der Waals surface area contributed by atoms with Gasteiger partial charge in [0.25, 0.3) is 0 Å². The van der Waals surface area contributed by atoms with Crippen LogP contribution in [0.15, 0.2) is 22.7 Å². The summed E-state index contributed by atoms with van der Waals surface area (Å²) in [4.78, 5) is 11.9. The van der Waals surface area contributed by atoms with Crippen LogP contribution in [-0.2, 0) is 4.79 Å². The molecule has 1 aromatic rings. The van der Waals surface area contributed by atoms with E-state index in [2.05, 4.69) is 21.2 Å². The highest BCUT2D eigenvalue weighted by atomic mass is 79.9. The second kappa shape index (κ2) is 5.39. The van der Waals surface area contributed by atoms with E-state index in [0.717, 1.165) is 4.47 Å². The molecule has 5 heteroatoms.